The fourth-order valence-electron chi connectivity index (χ4n) is 3.93. The summed E-state index contributed by atoms with van der Waals surface area (Å²) >= 11 is 0. The van der Waals surface area contributed by atoms with Gasteiger partial charge in [0.25, 0.3) is 0 Å². The average Bonchev–Trinajstić information content (AvgIpc) is 3.28. The second-order valence-corrected chi connectivity index (χ2v) is 8.55. The summed E-state index contributed by atoms with van der Waals surface area (Å²) in [5.41, 5.74) is 4.10. The van der Waals surface area contributed by atoms with Gasteiger partial charge in [0.05, 0.1) is 23.7 Å². The third kappa shape index (κ3) is 4.83. The summed E-state index contributed by atoms with van der Waals surface area (Å²) in [6, 6.07) is 16.7. The van der Waals surface area contributed by atoms with Crippen LogP contribution in [0.3, 0.4) is 0 Å². The summed E-state index contributed by atoms with van der Waals surface area (Å²) in [5.74, 6) is 1.40. The first-order valence-corrected chi connectivity index (χ1v) is 11.5. The molecular weight excluding hydrogens is 412 g/mol. The second kappa shape index (κ2) is 10.0. The number of nitrogens with zero attached hydrogens (tertiary/aromatic N) is 5. The molecule has 0 radical (unpaired) electrons. The van der Waals surface area contributed by atoms with Gasteiger partial charge >= 0.3 is 0 Å². The lowest BCUT2D eigenvalue weighted by atomic mass is 10.1. The smallest absolute Gasteiger partial charge is 0.229 e. The van der Waals surface area contributed by atoms with Crippen LogP contribution in [0.5, 0.6) is 0 Å². The molecule has 172 valence electrons. The van der Waals surface area contributed by atoms with E-state index in [1.165, 1.54) is 0 Å². The van der Waals surface area contributed by atoms with Crippen LogP contribution in [-0.4, -0.2) is 44.3 Å². The van der Waals surface area contributed by atoms with Crippen LogP contribution < -0.4 is 10.2 Å². The van der Waals surface area contributed by atoms with Crippen molar-refractivity contribution in [3.8, 4) is 11.3 Å². The van der Waals surface area contributed by atoms with Crippen molar-refractivity contribution in [2.24, 2.45) is 0 Å². The zero-order chi connectivity index (χ0) is 23.4. The molecule has 3 aromatic heterocycles. The molecule has 4 rings (SSSR count). The lowest BCUT2D eigenvalue weighted by Crippen LogP contribution is -2.35. The third-order valence-electron chi connectivity index (χ3n) is 6.04. The summed E-state index contributed by atoms with van der Waals surface area (Å²) in [7, 11) is 1.94. The monoisotopic (exact) mass is 444 g/mol. The number of anilines is 2. The zero-order valence-corrected chi connectivity index (χ0v) is 19.7. The minimum absolute atomic E-state index is 0.0306. The van der Waals surface area contributed by atoms with Crippen LogP contribution in [0, 0.1) is 0 Å². The number of rotatable bonds is 9. The Morgan fingerprint density at radius 2 is 1.85 bits per heavy atom. The van der Waals surface area contributed by atoms with E-state index in [1.54, 1.807) is 0 Å². The molecule has 0 aliphatic carbocycles. The van der Waals surface area contributed by atoms with E-state index >= 15 is 0 Å². The normalized spacial score (nSPS) is 12.3. The van der Waals surface area contributed by atoms with Gasteiger partial charge in [-0.2, -0.15) is 9.97 Å². The molecule has 0 bridgehead atoms. The molecule has 0 saturated heterocycles. The van der Waals surface area contributed by atoms with E-state index in [2.05, 4.69) is 72.2 Å². The van der Waals surface area contributed by atoms with Crippen molar-refractivity contribution in [1.82, 2.24) is 19.5 Å². The standard InChI is InChI=1S/C26H32N6O/c1-5-21(17-33)31(4)26-29-24(22-13-15-32(18(2)3)25(22)30-26)28-16-19-9-11-20(12-10-19)23-8-6-7-14-27-23/h6-15,18,21,33H,5,16-17H2,1-4H3,(H,28,29,30). The van der Waals surface area contributed by atoms with Crippen molar-refractivity contribution < 1.29 is 5.11 Å². The molecule has 0 aliphatic rings. The predicted molar refractivity (Wildman–Crippen MR) is 134 cm³/mol. The first kappa shape index (κ1) is 22.7. The number of benzene rings is 1. The van der Waals surface area contributed by atoms with Gasteiger partial charge in [0.15, 0.2) is 0 Å². The highest BCUT2D eigenvalue weighted by atomic mass is 16.3. The van der Waals surface area contributed by atoms with E-state index in [0.29, 0.717) is 12.5 Å². The highest BCUT2D eigenvalue weighted by molar-refractivity contribution is 5.89. The average molecular weight is 445 g/mol. The number of pyridine rings is 1. The van der Waals surface area contributed by atoms with Crippen molar-refractivity contribution in [2.75, 3.05) is 23.9 Å². The Morgan fingerprint density at radius 3 is 2.48 bits per heavy atom. The van der Waals surface area contributed by atoms with E-state index in [9.17, 15) is 5.11 Å². The summed E-state index contributed by atoms with van der Waals surface area (Å²) in [6.07, 6.45) is 4.68. The van der Waals surface area contributed by atoms with Gasteiger partial charge in [-0.15, -0.1) is 0 Å². The molecule has 4 aromatic rings. The van der Waals surface area contributed by atoms with Gasteiger partial charge < -0.3 is 19.9 Å². The molecule has 7 nitrogen and oxygen atoms in total. The Labute approximate surface area is 195 Å². The number of aliphatic hydroxyl groups excluding tert-OH is 1. The SMILES string of the molecule is CCC(CO)N(C)c1nc(NCc2ccc(-c3ccccn3)cc2)c2ccn(C(C)C)c2n1. The maximum absolute atomic E-state index is 9.78. The summed E-state index contributed by atoms with van der Waals surface area (Å²) in [4.78, 5) is 16.1. The number of hydrogen-bond donors (Lipinski definition) is 2. The topological polar surface area (TPSA) is 79.1 Å². The fraction of sp³-hybridized carbons (Fsp3) is 0.346. The zero-order valence-electron chi connectivity index (χ0n) is 19.7. The van der Waals surface area contributed by atoms with Crippen molar-refractivity contribution >= 4 is 22.8 Å². The van der Waals surface area contributed by atoms with Crippen molar-refractivity contribution in [2.45, 2.75) is 45.8 Å². The van der Waals surface area contributed by atoms with Crippen LogP contribution in [0.15, 0.2) is 60.9 Å². The molecular formula is C26H32N6O. The van der Waals surface area contributed by atoms with Crippen LogP contribution in [0.4, 0.5) is 11.8 Å². The molecule has 1 unspecified atom stereocenters. The molecule has 0 amide bonds. The molecule has 2 N–H and O–H groups in total. The number of aliphatic hydroxyl groups is 1. The Morgan fingerprint density at radius 1 is 1.06 bits per heavy atom. The van der Waals surface area contributed by atoms with Gasteiger partial charge in [-0.3, -0.25) is 4.98 Å². The van der Waals surface area contributed by atoms with Crippen molar-refractivity contribution in [1.29, 1.82) is 0 Å². The number of nitrogens with one attached hydrogen (secondary N) is 1. The maximum atomic E-state index is 9.78. The largest absolute Gasteiger partial charge is 0.394 e. The molecule has 0 fully saturated rings. The van der Waals surface area contributed by atoms with Gasteiger partial charge in [0.2, 0.25) is 5.95 Å². The predicted octanol–water partition coefficient (Wildman–Crippen LogP) is 4.89. The third-order valence-corrected chi connectivity index (χ3v) is 6.04. The van der Waals surface area contributed by atoms with Crippen LogP contribution in [0.25, 0.3) is 22.3 Å². The molecule has 3 heterocycles. The second-order valence-electron chi connectivity index (χ2n) is 8.55. The number of aromatic nitrogens is 4. The van der Waals surface area contributed by atoms with Gasteiger partial charge in [-0.25, -0.2) is 0 Å². The van der Waals surface area contributed by atoms with Crippen LogP contribution in [0.2, 0.25) is 0 Å². The van der Waals surface area contributed by atoms with Gasteiger partial charge in [0.1, 0.15) is 11.5 Å². The van der Waals surface area contributed by atoms with Crippen LogP contribution in [0.1, 0.15) is 38.8 Å². The number of fused-ring (bicyclic) bond motifs is 1. The number of hydrogen-bond acceptors (Lipinski definition) is 6. The Kier molecular flexibility index (Phi) is 6.89. The van der Waals surface area contributed by atoms with Crippen LogP contribution >= 0.6 is 0 Å². The Balaban J connectivity index is 1.62. The van der Waals surface area contributed by atoms with E-state index in [4.69, 9.17) is 9.97 Å². The first-order chi connectivity index (χ1) is 16.0. The highest BCUT2D eigenvalue weighted by Gasteiger charge is 2.19. The molecule has 0 aliphatic heterocycles. The highest BCUT2D eigenvalue weighted by Crippen LogP contribution is 2.28. The molecule has 0 spiro atoms. The van der Waals surface area contributed by atoms with E-state index in [0.717, 1.165) is 40.1 Å². The van der Waals surface area contributed by atoms with E-state index < -0.39 is 0 Å². The molecule has 7 heteroatoms. The quantitative estimate of drug-likeness (QED) is 0.383. The molecule has 1 aromatic carbocycles. The first-order valence-electron chi connectivity index (χ1n) is 11.5. The molecule has 33 heavy (non-hydrogen) atoms. The van der Waals surface area contributed by atoms with E-state index in [1.807, 2.05) is 36.3 Å². The minimum Gasteiger partial charge on any atom is -0.394 e. The summed E-state index contributed by atoms with van der Waals surface area (Å²) in [6.45, 7) is 7.04. The van der Waals surface area contributed by atoms with Crippen molar-refractivity contribution in [3.63, 3.8) is 0 Å². The lowest BCUT2D eigenvalue weighted by Gasteiger charge is -2.26. The molecule has 0 saturated carbocycles. The van der Waals surface area contributed by atoms with Gasteiger partial charge in [-0.1, -0.05) is 37.3 Å². The Hall–Kier alpha value is -3.45. The fourth-order valence-corrected chi connectivity index (χ4v) is 3.93. The summed E-state index contributed by atoms with van der Waals surface area (Å²) in [5, 5.41) is 14.3. The van der Waals surface area contributed by atoms with Gasteiger partial charge in [0, 0.05) is 37.6 Å². The molecule has 1 atom stereocenters. The maximum Gasteiger partial charge on any atom is 0.229 e. The van der Waals surface area contributed by atoms with Crippen molar-refractivity contribution in [3.05, 3.63) is 66.5 Å². The van der Waals surface area contributed by atoms with E-state index in [-0.39, 0.29) is 18.7 Å². The number of likely N-dealkylation sites (N-methyl/N-ethyl adjacent to an activating group) is 1. The van der Waals surface area contributed by atoms with Gasteiger partial charge in [-0.05, 0) is 44.0 Å². The van der Waals surface area contributed by atoms with Crippen LogP contribution in [-0.2, 0) is 6.54 Å². The summed E-state index contributed by atoms with van der Waals surface area (Å²) < 4.78 is 2.15. The minimum atomic E-state index is -0.0306. The Bertz CT molecular complexity index is 1180. The lowest BCUT2D eigenvalue weighted by molar-refractivity contribution is 0.258.